The van der Waals surface area contributed by atoms with Crippen LogP contribution >= 0.6 is 0 Å². The van der Waals surface area contributed by atoms with Gasteiger partial charge < -0.3 is 21.8 Å². The summed E-state index contributed by atoms with van der Waals surface area (Å²) in [5.41, 5.74) is 6.79. The number of primary amides is 1. The number of nitrogens with zero attached hydrogens (tertiary/aromatic N) is 5. The summed E-state index contributed by atoms with van der Waals surface area (Å²) in [5.74, 6) is 5.56. The maximum atomic E-state index is 12.5. The van der Waals surface area contributed by atoms with Crippen molar-refractivity contribution in [3.05, 3.63) is 65.7 Å². The number of nitrogens with one attached hydrogen (secondary N) is 1. The highest BCUT2D eigenvalue weighted by atomic mass is 16.2. The standard InChI is InChI=1S/C24H24N8O3/c25-12-11-19(33)31-14-4-2-5-17(31)23-30-20(21(22(26)34)32(23)27)15-7-9-16(10-8-15)24(35)29-18-6-1-3-13-28-18/h1,3,6-10,13,17H,2,4-5,11,14,27H2,(H2,26,34)(H,28,29,35). The molecule has 11 heteroatoms. The van der Waals surface area contributed by atoms with Crippen molar-refractivity contribution in [1.82, 2.24) is 19.5 Å². The minimum absolute atomic E-state index is 0.0102. The first kappa shape index (κ1) is 23.4. The molecule has 1 fully saturated rings. The van der Waals surface area contributed by atoms with E-state index in [2.05, 4.69) is 15.3 Å². The number of rotatable bonds is 6. The zero-order chi connectivity index (χ0) is 24.9. The number of anilines is 1. The molecule has 3 aromatic rings. The fraction of sp³-hybridized carbons (Fsp3) is 0.250. The fourth-order valence-corrected chi connectivity index (χ4v) is 4.19. The summed E-state index contributed by atoms with van der Waals surface area (Å²) in [4.78, 5) is 47.6. The van der Waals surface area contributed by atoms with Crippen molar-refractivity contribution in [2.75, 3.05) is 17.7 Å². The summed E-state index contributed by atoms with van der Waals surface area (Å²) in [5, 5.41) is 11.7. The highest BCUT2D eigenvalue weighted by Crippen LogP contribution is 2.33. The van der Waals surface area contributed by atoms with Crippen molar-refractivity contribution in [2.45, 2.75) is 31.7 Å². The molecular weight excluding hydrogens is 448 g/mol. The predicted molar refractivity (Wildman–Crippen MR) is 127 cm³/mol. The molecule has 35 heavy (non-hydrogen) atoms. The molecule has 1 atom stereocenters. The van der Waals surface area contributed by atoms with Crippen LogP contribution in [-0.2, 0) is 4.79 Å². The van der Waals surface area contributed by atoms with Crippen LogP contribution in [0.2, 0.25) is 0 Å². The van der Waals surface area contributed by atoms with E-state index in [-0.39, 0.29) is 29.6 Å². The summed E-state index contributed by atoms with van der Waals surface area (Å²) < 4.78 is 1.13. The molecule has 1 aliphatic heterocycles. The Balaban J connectivity index is 1.65. The lowest BCUT2D eigenvalue weighted by atomic mass is 10.0. The number of hydrogen-bond donors (Lipinski definition) is 3. The molecule has 1 unspecified atom stereocenters. The number of nitrogen functional groups attached to an aromatic ring is 1. The molecule has 1 aliphatic rings. The van der Waals surface area contributed by atoms with Gasteiger partial charge in [-0.3, -0.25) is 14.4 Å². The molecule has 0 radical (unpaired) electrons. The van der Waals surface area contributed by atoms with Gasteiger partial charge in [-0.05, 0) is 43.5 Å². The number of hydrogen-bond acceptors (Lipinski definition) is 7. The van der Waals surface area contributed by atoms with Crippen LogP contribution in [0.3, 0.4) is 0 Å². The van der Waals surface area contributed by atoms with E-state index in [9.17, 15) is 14.4 Å². The fourth-order valence-electron chi connectivity index (χ4n) is 4.19. The normalized spacial score (nSPS) is 15.3. The number of carbonyl (C=O) groups is 3. The van der Waals surface area contributed by atoms with Crippen LogP contribution < -0.4 is 16.9 Å². The molecule has 178 valence electrons. The van der Waals surface area contributed by atoms with Crippen LogP contribution in [0.5, 0.6) is 0 Å². The Kier molecular flexibility index (Phi) is 6.73. The van der Waals surface area contributed by atoms with E-state index < -0.39 is 11.9 Å². The van der Waals surface area contributed by atoms with Gasteiger partial charge >= 0.3 is 0 Å². The Hall–Kier alpha value is -4.72. The number of nitrogens with two attached hydrogens (primary N) is 2. The average molecular weight is 473 g/mol. The van der Waals surface area contributed by atoms with Crippen molar-refractivity contribution < 1.29 is 14.4 Å². The Morgan fingerprint density at radius 1 is 1.14 bits per heavy atom. The van der Waals surface area contributed by atoms with Gasteiger partial charge in [-0.1, -0.05) is 18.2 Å². The zero-order valence-electron chi connectivity index (χ0n) is 18.8. The minimum Gasteiger partial charge on any atom is -0.364 e. The lowest BCUT2D eigenvalue weighted by Crippen LogP contribution is -2.40. The first-order valence-corrected chi connectivity index (χ1v) is 11.1. The highest BCUT2D eigenvalue weighted by Gasteiger charge is 2.33. The number of pyridine rings is 1. The van der Waals surface area contributed by atoms with Gasteiger partial charge in [-0.15, -0.1) is 0 Å². The summed E-state index contributed by atoms with van der Waals surface area (Å²) >= 11 is 0. The maximum Gasteiger partial charge on any atom is 0.269 e. The van der Waals surface area contributed by atoms with E-state index in [1.165, 1.54) is 0 Å². The highest BCUT2D eigenvalue weighted by molar-refractivity contribution is 6.04. The number of amides is 3. The van der Waals surface area contributed by atoms with Gasteiger partial charge in [0.25, 0.3) is 11.8 Å². The Morgan fingerprint density at radius 3 is 2.57 bits per heavy atom. The van der Waals surface area contributed by atoms with Gasteiger partial charge in [0.2, 0.25) is 5.91 Å². The van der Waals surface area contributed by atoms with Crippen molar-refractivity contribution in [3.8, 4) is 17.3 Å². The Bertz CT molecular complexity index is 1290. The zero-order valence-corrected chi connectivity index (χ0v) is 18.8. The smallest absolute Gasteiger partial charge is 0.269 e. The van der Waals surface area contributed by atoms with E-state index in [1.807, 2.05) is 6.07 Å². The summed E-state index contributed by atoms with van der Waals surface area (Å²) in [6.45, 7) is 0.472. The monoisotopic (exact) mass is 472 g/mol. The second kappa shape index (κ2) is 10.0. The molecule has 1 saturated heterocycles. The van der Waals surface area contributed by atoms with Gasteiger partial charge in [0.1, 0.15) is 17.9 Å². The molecule has 0 bridgehead atoms. The third-order valence-electron chi connectivity index (χ3n) is 5.85. The maximum absolute atomic E-state index is 12.5. The lowest BCUT2D eigenvalue weighted by Gasteiger charge is -2.34. The van der Waals surface area contributed by atoms with Crippen LogP contribution in [0.25, 0.3) is 11.3 Å². The van der Waals surface area contributed by atoms with E-state index in [4.69, 9.17) is 16.8 Å². The van der Waals surface area contributed by atoms with Crippen LogP contribution in [0.1, 0.15) is 58.4 Å². The summed E-state index contributed by atoms with van der Waals surface area (Å²) in [7, 11) is 0. The Morgan fingerprint density at radius 2 is 1.91 bits per heavy atom. The summed E-state index contributed by atoms with van der Waals surface area (Å²) in [6.07, 6.45) is 3.56. The molecule has 2 aromatic heterocycles. The van der Waals surface area contributed by atoms with E-state index >= 15 is 0 Å². The molecule has 0 spiro atoms. The molecule has 11 nitrogen and oxygen atoms in total. The predicted octanol–water partition coefficient (Wildman–Crippen LogP) is 1.98. The number of benzene rings is 1. The Labute approximate surface area is 201 Å². The van der Waals surface area contributed by atoms with Crippen molar-refractivity contribution >= 4 is 23.5 Å². The van der Waals surface area contributed by atoms with Crippen molar-refractivity contribution in [1.29, 1.82) is 5.26 Å². The van der Waals surface area contributed by atoms with E-state index in [0.29, 0.717) is 35.7 Å². The molecule has 1 aromatic carbocycles. The van der Waals surface area contributed by atoms with Crippen molar-refractivity contribution in [2.24, 2.45) is 5.73 Å². The van der Waals surface area contributed by atoms with Gasteiger partial charge in [0.05, 0.1) is 12.1 Å². The van der Waals surface area contributed by atoms with Gasteiger partial charge in [0, 0.05) is 23.9 Å². The molecule has 0 saturated carbocycles. The van der Waals surface area contributed by atoms with E-state index in [0.717, 1.165) is 17.5 Å². The first-order chi connectivity index (χ1) is 16.9. The van der Waals surface area contributed by atoms with Crippen LogP contribution in [0.15, 0.2) is 48.7 Å². The number of likely N-dealkylation sites (tertiary alicyclic amines) is 1. The number of piperidine rings is 1. The van der Waals surface area contributed by atoms with Crippen LogP contribution in [0.4, 0.5) is 5.82 Å². The average Bonchev–Trinajstić information content (AvgIpc) is 3.22. The summed E-state index contributed by atoms with van der Waals surface area (Å²) in [6, 6.07) is 13.1. The number of aromatic nitrogens is 3. The SMILES string of the molecule is N#CCC(=O)N1CCCCC1c1nc(-c2ccc(C(=O)Nc3ccccn3)cc2)c(C(N)=O)n1N. The molecule has 3 amide bonds. The minimum atomic E-state index is -0.774. The van der Waals surface area contributed by atoms with Crippen LogP contribution in [0, 0.1) is 11.3 Å². The van der Waals surface area contributed by atoms with E-state index in [1.54, 1.807) is 53.6 Å². The molecule has 3 heterocycles. The third kappa shape index (κ3) is 4.81. The lowest BCUT2D eigenvalue weighted by molar-refractivity contribution is -0.134. The largest absolute Gasteiger partial charge is 0.364 e. The number of imidazole rings is 1. The quantitative estimate of drug-likeness (QED) is 0.460. The second-order valence-corrected chi connectivity index (χ2v) is 8.08. The molecule has 4 rings (SSSR count). The second-order valence-electron chi connectivity index (χ2n) is 8.08. The molecule has 5 N–H and O–H groups in total. The molecule has 0 aliphatic carbocycles. The van der Waals surface area contributed by atoms with Crippen LogP contribution in [-0.4, -0.2) is 43.8 Å². The third-order valence-corrected chi connectivity index (χ3v) is 5.85. The van der Waals surface area contributed by atoms with Gasteiger partial charge in [-0.25, -0.2) is 14.6 Å². The topological polar surface area (TPSA) is 173 Å². The van der Waals surface area contributed by atoms with Gasteiger partial charge in [-0.2, -0.15) is 5.26 Å². The number of nitriles is 1. The van der Waals surface area contributed by atoms with Gasteiger partial charge in [0.15, 0.2) is 11.5 Å². The number of carbonyl (C=O) groups excluding carboxylic acids is 3. The first-order valence-electron chi connectivity index (χ1n) is 11.1. The van der Waals surface area contributed by atoms with Crippen molar-refractivity contribution in [3.63, 3.8) is 0 Å². The molecular formula is C24H24N8O3.